The van der Waals surface area contributed by atoms with Crippen LogP contribution in [0.1, 0.15) is 15.9 Å². The van der Waals surface area contributed by atoms with E-state index in [1.54, 1.807) is 25.1 Å². The van der Waals surface area contributed by atoms with Gasteiger partial charge >= 0.3 is 10.2 Å². The summed E-state index contributed by atoms with van der Waals surface area (Å²) in [6, 6.07) is 8.92. The fourth-order valence-electron chi connectivity index (χ4n) is 2.59. The number of hydrogen-bond acceptors (Lipinski definition) is 3. The van der Waals surface area contributed by atoms with Crippen LogP contribution in [-0.2, 0) is 10.2 Å². The molecule has 0 saturated heterocycles. The van der Waals surface area contributed by atoms with E-state index in [4.69, 9.17) is 0 Å². The van der Waals surface area contributed by atoms with Gasteiger partial charge in [0.1, 0.15) is 5.82 Å². The highest BCUT2D eigenvalue weighted by molar-refractivity contribution is 7.94. The van der Waals surface area contributed by atoms with Crippen molar-refractivity contribution >= 4 is 33.2 Å². The zero-order valence-electron chi connectivity index (χ0n) is 13.4. The summed E-state index contributed by atoms with van der Waals surface area (Å²) in [6.07, 6.45) is 0. The molecule has 0 spiro atoms. The SMILES string of the molecule is Cc1cc2c(cc1NC(=O)c1ccccc1F)N(C)S(=O)(=O)N2C. The topological polar surface area (TPSA) is 69.7 Å². The van der Waals surface area contributed by atoms with Gasteiger partial charge in [0.2, 0.25) is 0 Å². The Balaban J connectivity index is 1.99. The van der Waals surface area contributed by atoms with Crippen LogP contribution in [-0.4, -0.2) is 28.4 Å². The molecule has 0 radical (unpaired) electrons. The van der Waals surface area contributed by atoms with Crippen molar-refractivity contribution in [2.24, 2.45) is 0 Å². The smallest absolute Gasteiger partial charge is 0.322 e. The maximum atomic E-state index is 13.7. The van der Waals surface area contributed by atoms with Gasteiger partial charge in [-0.3, -0.25) is 13.4 Å². The standard InChI is InChI=1S/C16H16FN3O3S/c1-10-8-14-15(20(3)24(22,23)19(14)2)9-13(10)18-16(21)11-6-4-5-7-12(11)17/h4-9H,1-3H3,(H,18,21). The van der Waals surface area contributed by atoms with Crippen LogP contribution in [0.3, 0.4) is 0 Å². The number of hydrogen-bond donors (Lipinski definition) is 1. The van der Waals surface area contributed by atoms with Gasteiger partial charge in [-0.25, -0.2) is 4.39 Å². The quantitative estimate of drug-likeness (QED) is 0.906. The lowest BCUT2D eigenvalue weighted by atomic mass is 10.1. The second-order valence-corrected chi connectivity index (χ2v) is 7.52. The molecule has 126 valence electrons. The van der Waals surface area contributed by atoms with Crippen LogP contribution in [0.2, 0.25) is 0 Å². The molecule has 2 aromatic carbocycles. The average Bonchev–Trinajstić information content (AvgIpc) is 2.69. The molecular weight excluding hydrogens is 333 g/mol. The summed E-state index contributed by atoms with van der Waals surface area (Å²) in [6.45, 7) is 1.75. The first-order valence-corrected chi connectivity index (χ1v) is 8.56. The van der Waals surface area contributed by atoms with Crippen molar-refractivity contribution in [2.75, 3.05) is 28.0 Å². The summed E-state index contributed by atoms with van der Waals surface area (Å²) in [5.41, 5.74) is 2.01. The Morgan fingerprint density at radius 1 is 1.08 bits per heavy atom. The second-order valence-electron chi connectivity index (χ2n) is 5.53. The van der Waals surface area contributed by atoms with Crippen LogP contribution in [0.5, 0.6) is 0 Å². The molecule has 1 amide bonds. The number of carbonyl (C=O) groups is 1. The molecule has 24 heavy (non-hydrogen) atoms. The molecule has 1 aliphatic rings. The number of anilines is 3. The van der Waals surface area contributed by atoms with E-state index in [-0.39, 0.29) is 5.56 Å². The summed E-state index contributed by atoms with van der Waals surface area (Å²) in [7, 11) is -0.683. The third-order valence-electron chi connectivity index (χ3n) is 4.06. The highest BCUT2D eigenvalue weighted by atomic mass is 32.2. The van der Waals surface area contributed by atoms with Crippen molar-refractivity contribution < 1.29 is 17.6 Å². The van der Waals surface area contributed by atoms with E-state index in [9.17, 15) is 17.6 Å². The highest BCUT2D eigenvalue weighted by Gasteiger charge is 2.36. The molecule has 1 heterocycles. The predicted molar refractivity (Wildman–Crippen MR) is 91.3 cm³/mol. The molecule has 0 bridgehead atoms. The molecule has 1 N–H and O–H groups in total. The van der Waals surface area contributed by atoms with Crippen LogP contribution < -0.4 is 13.9 Å². The van der Waals surface area contributed by atoms with E-state index in [1.165, 1.54) is 36.6 Å². The number of benzene rings is 2. The van der Waals surface area contributed by atoms with E-state index < -0.39 is 21.9 Å². The lowest BCUT2D eigenvalue weighted by Gasteiger charge is -2.13. The summed E-state index contributed by atoms with van der Waals surface area (Å²) < 4.78 is 40.4. The van der Waals surface area contributed by atoms with Gasteiger partial charge in [-0.15, -0.1) is 0 Å². The number of rotatable bonds is 2. The Bertz CT molecular complexity index is 944. The average molecular weight is 349 g/mol. The van der Waals surface area contributed by atoms with Crippen molar-refractivity contribution in [3.05, 3.63) is 53.3 Å². The zero-order chi connectivity index (χ0) is 17.6. The zero-order valence-corrected chi connectivity index (χ0v) is 14.2. The van der Waals surface area contributed by atoms with Gasteiger partial charge in [0, 0.05) is 19.8 Å². The Morgan fingerprint density at radius 3 is 2.29 bits per heavy atom. The first-order chi connectivity index (χ1) is 11.2. The van der Waals surface area contributed by atoms with Crippen LogP contribution in [0.25, 0.3) is 0 Å². The van der Waals surface area contributed by atoms with Gasteiger partial charge < -0.3 is 5.32 Å². The first kappa shape index (κ1) is 16.3. The third-order valence-corrected chi connectivity index (χ3v) is 5.84. The Morgan fingerprint density at radius 2 is 1.67 bits per heavy atom. The molecule has 0 unspecified atom stereocenters. The Kier molecular flexibility index (Phi) is 3.71. The molecule has 0 saturated carbocycles. The molecule has 0 aromatic heterocycles. The maximum Gasteiger partial charge on any atom is 0.326 e. The monoisotopic (exact) mass is 349 g/mol. The summed E-state index contributed by atoms with van der Waals surface area (Å²) >= 11 is 0. The van der Waals surface area contributed by atoms with Gasteiger partial charge in [-0.1, -0.05) is 12.1 Å². The molecule has 0 fully saturated rings. The third kappa shape index (κ3) is 2.39. The van der Waals surface area contributed by atoms with Gasteiger partial charge in [0.15, 0.2) is 0 Å². The molecule has 3 rings (SSSR count). The molecular formula is C16H16FN3O3S. The van der Waals surface area contributed by atoms with E-state index in [0.29, 0.717) is 22.6 Å². The fraction of sp³-hybridized carbons (Fsp3) is 0.188. The summed E-state index contributed by atoms with van der Waals surface area (Å²) in [4.78, 5) is 12.3. The molecule has 0 atom stereocenters. The van der Waals surface area contributed by atoms with E-state index in [2.05, 4.69) is 5.32 Å². The minimum atomic E-state index is -3.59. The number of nitrogens with zero attached hydrogens (tertiary/aromatic N) is 2. The van der Waals surface area contributed by atoms with Crippen molar-refractivity contribution in [3.8, 4) is 0 Å². The normalized spacial score (nSPS) is 15.3. The predicted octanol–water partition coefficient (Wildman–Crippen LogP) is 2.52. The van der Waals surface area contributed by atoms with E-state index in [1.807, 2.05) is 0 Å². The number of aryl methyl sites for hydroxylation is 1. The summed E-state index contributed by atoms with van der Waals surface area (Å²) in [5, 5.41) is 2.64. The fourth-order valence-corrected chi connectivity index (χ4v) is 3.74. The van der Waals surface area contributed by atoms with Crippen molar-refractivity contribution in [2.45, 2.75) is 6.92 Å². The van der Waals surface area contributed by atoms with Gasteiger partial charge in [-0.05, 0) is 36.8 Å². The number of nitrogens with one attached hydrogen (secondary N) is 1. The molecule has 0 aliphatic carbocycles. The lowest BCUT2D eigenvalue weighted by Crippen LogP contribution is -2.32. The van der Waals surface area contributed by atoms with Crippen molar-refractivity contribution in [3.63, 3.8) is 0 Å². The number of halogens is 1. The number of amides is 1. The van der Waals surface area contributed by atoms with Gasteiger partial charge in [0.05, 0.1) is 16.9 Å². The van der Waals surface area contributed by atoms with Gasteiger partial charge in [-0.2, -0.15) is 8.42 Å². The van der Waals surface area contributed by atoms with Crippen molar-refractivity contribution in [1.29, 1.82) is 0 Å². The van der Waals surface area contributed by atoms with Crippen molar-refractivity contribution in [1.82, 2.24) is 0 Å². The molecule has 6 nitrogen and oxygen atoms in total. The van der Waals surface area contributed by atoms with E-state index in [0.717, 1.165) is 4.31 Å². The highest BCUT2D eigenvalue weighted by Crippen LogP contribution is 2.42. The van der Waals surface area contributed by atoms with E-state index >= 15 is 0 Å². The van der Waals surface area contributed by atoms with Gasteiger partial charge in [0.25, 0.3) is 5.91 Å². The Hall–Kier alpha value is -2.61. The number of carbonyl (C=O) groups excluding carboxylic acids is 1. The van der Waals surface area contributed by atoms with Crippen LogP contribution in [0.4, 0.5) is 21.5 Å². The largest absolute Gasteiger partial charge is 0.326 e. The Labute approximate surface area is 139 Å². The maximum absolute atomic E-state index is 13.7. The minimum Gasteiger partial charge on any atom is -0.322 e. The first-order valence-electron chi connectivity index (χ1n) is 7.17. The second kappa shape index (κ2) is 5.48. The van der Waals surface area contributed by atoms with Crippen LogP contribution in [0, 0.1) is 12.7 Å². The number of fused-ring (bicyclic) bond motifs is 1. The molecule has 8 heteroatoms. The van der Waals surface area contributed by atoms with Crippen LogP contribution in [0.15, 0.2) is 36.4 Å². The lowest BCUT2D eigenvalue weighted by molar-refractivity contribution is 0.102. The summed E-state index contributed by atoms with van der Waals surface area (Å²) in [5.74, 6) is -1.21. The van der Waals surface area contributed by atoms with Crippen LogP contribution >= 0.6 is 0 Å². The molecule has 2 aromatic rings. The molecule has 1 aliphatic heterocycles. The minimum absolute atomic E-state index is 0.0736.